The van der Waals surface area contributed by atoms with E-state index in [1.54, 1.807) is 0 Å². The van der Waals surface area contributed by atoms with Gasteiger partial charge in [0.25, 0.3) is 0 Å². The molecule has 0 aliphatic heterocycles. The van der Waals surface area contributed by atoms with Crippen molar-refractivity contribution in [1.82, 2.24) is 41.7 Å². The molecular weight excluding hydrogens is 969 g/mol. The zero-order chi connectivity index (χ0) is 57.4. The first-order valence-corrected chi connectivity index (χ1v) is 34.0. The maximum Gasteiger partial charge on any atom is 0.221 e. The number of unbranched alkanes of at least 4 members (excludes halogenated alkanes) is 28. The lowest BCUT2D eigenvalue weighted by Crippen LogP contribution is -2.43. The molecule has 12 heteroatoms. The zero-order valence-corrected chi connectivity index (χ0v) is 53.2. The first-order valence-electron chi connectivity index (χ1n) is 34.0. The molecule has 4 unspecified atom stereocenters. The molecule has 4 amide bonds. The summed E-state index contributed by atoms with van der Waals surface area (Å²) in [5.74, 6) is 0.370. The van der Waals surface area contributed by atoms with Crippen molar-refractivity contribution in [3.63, 3.8) is 0 Å². The smallest absolute Gasteiger partial charge is 0.221 e. The van der Waals surface area contributed by atoms with Crippen molar-refractivity contribution < 1.29 is 19.2 Å². The van der Waals surface area contributed by atoms with Crippen LogP contribution in [-0.2, 0) is 19.2 Å². The van der Waals surface area contributed by atoms with E-state index < -0.39 is 0 Å². The summed E-state index contributed by atoms with van der Waals surface area (Å²) in [4.78, 5) is 57.4. The van der Waals surface area contributed by atoms with E-state index in [0.29, 0.717) is 58.4 Å². The quantitative estimate of drug-likeness (QED) is 0.0330. The molecule has 0 aromatic heterocycles. The standard InChI is InChI=1S/C66H134N8O4/c1-9-13-17-21-25-29-33-37-41-59(5)69-63(75)45-49-67-50-51-68-52-56-74(55-48-66(78)72-62(8)44-40-36-32-28-24-20-16-12-4)58-57-73(53-46-64(76)70-60(6)42-38-34-30-26-22-18-14-10-2)54-47-65(77)71-61(7)43-39-35-31-27-23-19-15-11-3/h59-62,67-68H,9-58H2,1-8H3,(H,69,75)(H,70,76)(H,71,77)(H,72,78). The lowest BCUT2D eigenvalue weighted by molar-refractivity contribution is -0.123. The number of nitrogens with one attached hydrogen (secondary N) is 6. The number of carbonyl (C=O) groups excluding carboxylic acids is 4. The Kier molecular flexibility index (Phi) is 56.2. The van der Waals surface area contributed by atoms with Crippen LogP contribution in [0.2, 0.25) is 0 Å². The highest BCUT2D eigenvalue weighted by molar-refractivity contribution is 5.77. The molecule has 0 aliphatic rings. The van der Waals surface area contributed by atoms with E-state index in [4.69, 9.17) is 0 Å². The van der Waals surface area contributed by atoms with Gasteiger partial charge in [-0.15, -0.1) is 0 Å². The van der Waals surface area contributed by atoms with E-state index in [9.17, 15) is 19.2 Å². The lowest BCUT2D eigenvalue weighted by Gasteiger charge is -2.28. The third-order valence-corrected chi connectivity index (χ3v) is 15.9. The molecule has 12 nitrogen and oxygen atoms in total. The third kappa shape index (κ3) is 54.3. The molecule has 0 aliphatic carbocycles. The van der Waals surface area contributed by atoms with Crippen LogP contribution in [0, 0.1) is 0 Å². The molecule has 78 heavy (non-hydrogen) atoms. The molecule has 0 heterocycles. The van der Waals surface area contributed by atoms with Crippen LogP contribution in [0.5, 0.6) is 0 Å². The van der Waals surface area contributed by atoms with Crippen LogP contribution in [0.15, 0.2) is 0 Å². The van der Waals surface area contributed by atoms with Gasteiger partial charge in [-0.2, -0.15) is 0 Å². The average Bonchev–Trinajstić information content (AvgIpc) is 3.41. The maximum atomic E-state index is 13.4. The highest BCUT2D eigenvalue weighted by Crippen LogP contribution is 2.15. The minimum Gasteiger partial charge on any atom is -0.354 e. The topological polar surface area (TPSA) is 147 Å². The highest BCUT2D eigenvalue weighted by Gasteiger charge is 2.17. The maximum absolute atomic E-state index is 13.4. The van der Waals surface area contributed by atoms with E-state index in [-0.39, 0.29) is 47.8 Å². The number of hydrogen-bond acceptors (Lipinski definition) is 8. The SMILES string of the molecule is CCCCCCCCCCC(C)NC(=O)CCNCCNCCN(CCC(=O)NC(C)CCCCCCCCCC)CCN(CCC(=O)NC(C)CCCCCCCCCC)CCC(=O)NC(C)CCCCCCCCCC. The fraction of sp³-hybridized carbons (Fsp3) is 0.939. The van der Waals surface area contributed by atoms with Gasteiger partial charge in [0.15, 0.2) is 0 Å². The summed E-state index contributed by atoms with van der Waals surface area (Å²) in [5, 5.41) is 20.1. The van der Waals surface area contributed by atoms with E-state index in [0.717, 1.165) is 77.7 Å². The van der Waals surface area contributed by atoms with Crippen molar-refractivity contribution in [3.05, 3.63) is 0 Å². The molecule has 0 aromatic rings. The summed E-state index contributed by atoms with van der Waals surface area (Å²) >= 11 is 0. The molecule has 0 fully saturated rings. The van der Waals surface area contributed by atoms with Crippen LogP contribution in [0.3, 0.4) is 0 Å². The molecule has 0 aromatic carbocycles. The van der Waals surface area contributed by atoms with Crippen LogP contribution >= 0.6 is 0 Å². The number of nitrogens with zero attached hydrogens (tertiary/aromatic N) is 2. The van der Waals surface area contributed by atoms with Gasteiger partial charge in [0.2, 0.25) is 23.6 Å². The molecule has 0 saturated heterocycles. The molecule has 4 atom stereocenters. The molecule has 0 bridgehead atoms. The Morgan fingerprint density at radius 1 is 0.269 bits per heavy atom. The Bertz CT molecular complexity index is 1300. The van der Waals surface area contributed by atoms with Crippen LogP contribution in [0.1, 0.15) is 312 Å². The van der Waals surface area contributed by atoms with Crippen molar-refractivity contribution >= 4 is 23.6 Å². The van der Waals surface area contributed by atoms with Crippen molar-refractivity contribution in [2.45, 2.75) is 336 Å². The Morgan fingerprint density at radius 3 is 0.782 bits per heavy atom. The molecular formula is C66H134N8O4. The summed E-state index contributed by atoms with van der Waals surface area (Å²) in [5.41, 5.74) is 0. The molecule has 0 rings (SSSR count). The van der Waals surface area contributed by atoms with Crippen molar-refractivity contribution in [2.75, 3.05) is 65.4 Å². The predicted molar refractivity (Wildman–Crippen MR) is 336 cm³/mol. The van der Waals surface area contributed by atoms with Crippen molar-refractivity contribution in [3.8, 4) is 0 Å². The van der Waals surface area contributed by atoms with Gasteiger partial charge in [-0.3, -0.25) is 19.2 Å². The first-order chi connectivity index (χ1) is 37.9. The minimum absolute atomic E-state index is 0.0761. The average molecular weight is 1100 g/mol. The second-order valence-electron chi connectivity index (χ2n) is 24.1. The third-order valence-electron chi connectivity index (χ3n) is 15.9. The summed E-state index contributed by atoms with van der Waals surface area (Å²) < 4.78 is 0. The van der Waals surface area contributed by atoms with Crippen molar-refractivity contribution in [1.29, 1.82) is 0 Å². The highest BCUT2D eigenvalue weighted by atomic mass is 16.2. The largest absolute Gasteiger partial charge is 0.354 e. The van der Waals surface area contributed by atoms with Gasteiger partial charge >= 0.3 is 0 Å². The van der Waals surface area contributed by atoms with Crippen molar-refractivity contribution in [2.24, 2.45) is 0 Å². The van der Waals surface area contributed by atoms with Crippen LogP contribution in [-0.4, -0.2) is 123 Å². The molecule has 0 spiro atoms. The van der Waals surface area contributed by atoms with Crippen LogP contribution < -0.4 is 31.9 Å². The van der Waals surface area contributed by atoms with E-state index >= 15 is 0 Å². The van der Waals surface area contributed by atoms with Crippen LogP contribution in [0.25, 0.3) is 0 Å². The van der Waals surface area contributed by atoms with Gasteiger partial charge in [0.05, 0.1) is 0 Å². The lowest BCUT2D eigenvalue weighted by atomic mass is 10.1. The Hall–Kier alpha value is -2.28. The number of carbonyl (C=O) groups is 4. The summed E-state index contributed by atoms with van der Waals surface area (Å²) in [6.07, 6.45) is 46.9. The predicted octanol–water partition coefficient (Wildman–Crippen LogP) is 14.5. The van der Waals surface area contributed by atoms with Gasteiger partial charge < -0.3 is 41.7 Å². The minimum atomic E-state index is 0.0761. The molecule has 462 valence electrons. The second-order valence-corrected chi connectivity index (χ2v) is 24.1. The summed E-state index contributed by atoms with van der Waals surface area (Å²) in [6, 6.07) is 0.672. The number of hydrogen-bond donors (Lipinski definition) is 6. The Morgan fingerprint density at radius 2 is 0.500 bits per heavy atom. The molecule has 0 radical (unpaired) electrons. The van der Waals surface area contributed by atoms with Gasteiger partial charge in [-0.05, 0) is 53.4 Å². The zero-order valence-electron chi connectivity index (χ0n) is 53.2. The van der Waals surface area contributed by atoms with Gasteiger partial charge in [0, 0.05) is 115 Å². The molecule has 0 saturated carbocycles. The molecule has 6 N–H and O–H groups in total. The summed E-state index contributed by atoms with van der Waals surface area (Å²) in [6.45, 7) is 24.6. The first kappa shape index (κ1) is 75.7. The van der Waals surface area contributed by atoms with Gasteiger partial charge in [0.1, 0.15) is 0 Å². The van der Waals surface area contributed by atoms with E-state index in [2.05, 4.69) is 97.1 Å². The Labute approximate surface area is 484 Å². The Balaban J connectivity index is 5.43. The second kappa shape index (κ2) is 57.9. The van der Waals surface area contributed by atoms with E-state index in [1.807, 2.05) is 0 Å². The fourth-order valence-corrected chi connectivity index (χ4v) is 10.6. The summed E-state index contributed by atoms with van der Waals surface area (Å²) in [7, 11) is 0. The monoisotopic (exact) mass is 1100 g/mol. The normalized spacial score (nSPS) is 13.2. The number of amides is 4. The van der Waals surface area contributed by atoms with Gasteiger partial charge in [-0.1, -0.05) is 233 Å². The number of rotatable bonds is 61. The van der Waals surface area contributed by atoms with Crippen LogP contribution in [0.4, 0.5) is 0 Å². The van der Waals surface area contributed by atoms with E-state index in [1.165, 1.54) is 186 Å². The fourth-order valence-electron chi connectivity index (χ4n) is 10.6. The van der Waals surface area contributed by atoms with Gasteiger partial charge in [-0.25, -0.2) is 0 Å².